The molecular weight excluding hydrogens is 420 g/mol. The minimum Gasteiger partial charge on any atom is -0.467 e. The maximum absolute atomic E-state index is 13.1. The third-order valence-electron chi connectivity index (χ3n) is 4.34. The highest BCUT2D eigenvalue weighted by molar-refractivity contribution is 7.99. The van der Waals surface area contributed by atoms with E-state index >= 15 is 0 Å². The molecule has 4 aromatic rings. The van der Waals surface area contributed by atoms with E-state index in [1.165, 1.54) is 9.79 Å². The fourth-order valence-electron chi connectivity index (χ4n) is 2.86. The molecule has 148 valence electrons. The fraction of sp³-hybridized carbons (Fsp3) is 0.182. The van der Waals surface area contributed by atoms with Gasteiger partial charge in [0.2, 0.25) is 5.91 Å². The Hall–Kier alpha value is -2.22. The maximum atomic E-state index is 13.1. The quantitative estimate of drug-likeness (QED) is 0.300. The molecule has 0 unspecified atom stereocenters. The zero-order chi connectivity index (χ0) is 20.1. The number of furan rings is 1. The van der Waals surface area contributed by atoms with E-state index in [4.69, 9.17) is 9.40 Å². The number of nitrogens with zero attached hydrogens (tertiary/aromatic N) is 2. The second kappa shape index (κ2) is 9.52. The Labute approximate surface area is 182 Å². The van der Waals surface area contributed by atoms with Gasteiger partial charge in [-0.05, 0) is 48.7 Å². The van der Waals surface area contributed by atoms with Crippen LogP contribution in [0.1, 0.15) is 12.2 Å². The number of thioether (sulfide) groups is 2. The van der Waals surface area contributed by atoms with Gasteiger partial charge in [-0.3, -0.25) is 9.69 Å². The van der Waals surface area contributed by atoms with Crippen molar-refractivity contribution < 1.29 is 9.21 Å². The molecule has 7 heteroatoms. The molecule has 0 aliphatic carbocycles. The Morgan fingerprint density at radius 2 is 1.97 bits per heavy atom. The molecule has 0 N–H and O–H groups in total. The van der Waals surface area contributed by atoms with Crippen molar-refractivity contribution >= 4 is 56.1 Å². The van der Waals surface area contributed by atoms with Gasteiger partial charge in [0.1, 0.15) is 5.76 Å². The van der Waals surface area contributed by atoms with Crippen molar-refractivity contribution in [2.75, 3.05) is 16.9 Å². The normalized spacial score (nSPS) is 11.1. The van der Waals surface area contributed by atoms with E-state index < -0.39 is 0 Å². The van der Waals surface area contributed by atoms with E-state index in [-0.39, 0.29) is 5.91 Å². The number of amides is 1. The third kappa shape index (κ3) is 5.04. The van der Waals surface area contributed by atoms with Crippen LogP contribution in [0.2, 0.25) is 0 Å². The fourth-order valence-corrected chi connectivity index (χ4v) is 5.26. The van der Waals surface area contributed by atoms with Gasteiger partial charge in [-0.2, -0.15) is 0 Å². The predicted octanol–water partition coefficient (Wildman–Crippen LogP) is 6.33. The summed E-state index contributed by atoms with van der Waals surface area (Å²) in [5, 5.41) is 0.712. The van der Waals surface area contributed by atoms with Crippen molar-refractivity contribution in [1.29, 1.82) is 0 Å². The van der Waals surface area contributed by atoms with Gasteiger partial charge in [-0.15, -0.1) is 23.5 Å². The molecule has 0 bridgehead atoms. The Morgan fingerprint density at radius 3 is 2.72 bits per heavy atom. The van der Waals surface area contributed by atoms with Crippen LogP contribution in [0.4, 0.5) is 5.13 Å². The van der Waals surface area contributed by atoms with E-state index in [0.717, 1.165) is 21.7 Å². The molecular formula is C22H20N2O2S3. The monoisotopic (exact) mass is 440 g/mol. The average Bonchev–Trinajstić information content (AvgIpc) is 3.41. The predicted molar refractivity (Wildman–Crippen MR) is 123 cm³/mol. The van der Waals surface area contributed by atoms with Crippen LogP contribution in [-0.2, 0) is 11.3 Å². The van der Waals surface area contributed by atoms with Crippen LogP contribution < -0.4 is 4.90 Å². The van der Waals surface area contributed by atoms with Crippen LogP contribution in [0.25, 0.3) is 10.2 Å². The van der Waals surface area contributed by atoms with Crippen LogP contribution in [-0.4, -0.2) is 22.9 Å². The van der Waals surface area contributed by atoms with E-state index in [0.29, 0.717) is 18.1 Å². The molecule has 0 saturated carbocycles. The standard InChI is InChI=1S/C22H20N2O2S3/c1-27-18-9-10-19-20(14-18)29-22(23-19)24(15-16-6-5-12-26-16)21(25)11-13-28-17-7-3-2-4-8-17/h2-10,12,14H,11,13,15H2,1H3. The topological polar surface area (TPSA) is 46.3 Å². The minimum atomic E-state index is 0.0500. The lowest BCUT2D eigenvalue weighted by molar-refractivity contribution is -0.118. The number of hydrogen-bond donors (Lipinski definition) is 0. The lowest BCUT2D eigenvalue weighted by atomic mass is 10.3. The number of hydrogen-bond acceptors (Lipinski definition) is 6. The molecule has 2 aromatic heterocycles. The summed E-state index contributed by atoms with van der Waals surface area (Å²) >= 11 is 4.94. The molecule has 1 amide bonds. The molecule has 0 saturated heterocycles. The first-order valence-corrected chi connectivity index (χ1v) is 12.2. The van der Waals surface area contributed by atoms with E-state index in [1.807, 2.05) is 36.4 Å². The third-order valence-corrected chi connectivity index (χ3v) is 7.12. The average molecular weight is 441 g/mol. The van der Waals surface area contributed by atoms with Gasteiger partial charge in [-0.1, -0.05) is 29.5 Å². The number of anilines is 1. The van der Waals surface area contributed by atoms with Crippen molar-refractivity contribution in [1.82, 2.24) is 4.98 Å². The smallest absolute Gasteiger partial charge is 0.230 e. The van der Waals surface area contributed by atoms with Crippen LogP contribution in [0.15, 0.2) is 81.1 Å². The molecule has 29 heavy (non-hydrogen) atoms. The molecule has 4 nitrogen and oxygen atoms in total. The molecule has 0 aliphatic rings. The van der Waals surface area contributed by atoms with Crippen molar-refractivity contribution in [3.05, 3.63) is 72.7 Å². The molecule has 0 aliphatic heterocycles. The van der Waals surface area contributed by atoms with Crippen LogP contribution >= 0.6 is 34.9 Å². The minimum absolute atomic E-state index is 0.0500. The number of rotatable bonds is 8. The maximum Gasteiger partial charge on any atom is 0.230 e. The molecule has 0 fully saturated rings. The highest BCUT2D eigenvalue weighted by Crippen LogP contribution is 2.33. The van der Waals surface area contributed by atoms with Crippen molar-refractivity contribution in [2.45, 2.75) is 22.8 Å². The summed E-state index contributed by atoms with van der Waals surface area (Å²) in [5.74, 6) is 1.52. The second-order valence-electron chi connectivity index (χ2n) is 6.30. The summed E-state index contributed by atoms with van der Waals surface area (Å²) in [5.41, 5.74) is 0.915. The number of carbonyl (C=O) groups excluding carboxylic acids is 1. The Balaban J connectivity index is 1.53. The largest absolute Gasteiger partial charge is 0.467 e. The zero-order valence-corrected chi connectivity index (χ0v) is 18.4. The Bertz CT molecular complexity index is 1080. The van der Waals surface area contributed by atoms with Gasteiger partial charge >= 0.3 is 0 Å². The number of aromatic nitrogens is 1. The highest BCUT2D eigenvalue weighted by atomic mass is 32.2. The summed E-state index contributed by atoms with van der Waals surface area (Å²) < 4.78 is 6.58. The number of fused-ring (bicyclic) bond motifs is 1. The first-order chi connectivity index (χ1) is 14.2. The van der Waals surface area contributed by atoms with E-state index in [9.17, 15) is 4.79 Å². The van der Waals surface area contributed by atoms with Crippen molar-refractivity contribution in [2.24, 2.45) is 0 Å². The number of benzene rings is 2. The van der Waals surface area contributed by atoms with Gasteiger partial charge in [0, 0.05) is 22.0 Å². The lowest BCUT2D eigenvalue weighted by Crippen LogP contribution is -2.30. The molecule has 0 atom stereocenters. The van der Waals surface area contributed by atoms with Crippen LogP contribution in [0, 0.1) is 0 Å². The number of carbonyl (C=O) groups is 1. The highest BCUT2D eigenvalue weighted by Gasteiger charge is 2.21. The van der Waals surface area contributed by atoms with Gasteiger partial charge in [0.15, 0.2) is 5.13 Å². The van der Waals surface area contributed by atoms with Crippen LogP contribution in [0.3, 0.4) is 0 Å². The summed E-state index contributed by atoms with van der Waals surface area (Å²) in [7, 11) is 0. The Kier molecular flexibility index (Phi) is 6.59. The first kappa shape index (κ1) is 20.1. The molecule has 4 rings (SSSR count). The first-order valence-electron chi connectivity index (χ1n) is 9.18. The van der Waals surface area contributed by atoms with E-state index in [1.54, 1.807) is 46.0 Å². The van der Waals surface area contributed by atoms with Gasteiger partial charge < -0.3 is 4.42 Å². The lowest BCUT2D eigenvalue weighted by Gasteiger charge is -2.18. The summed E-state index contributed by atoms with van der Waals surface area (Å²) in [6, 6.07) is 20.1. The second-order valence-corrected chi connectivity index (χ2v) is 9.36. The number of thiazole rings is 1. The van der Waals surface area contributed by atoms with Crippen LogP contribution in [0.5, 0.6) is 0 Å². The summed E-state index contributed by atoms with van der Waals surface area (Å²) in [6.07, 6.45) is 4.12. The summed E-state index contributed by atoms with van der Waals surface area (Å²) in [4.78, 5) is 21.9. The van der Waals surface area contributed by atoms with E-state index in [2.05, 4.69) is 30.5 Å². The molecule has 0 spiro atoms. The Morgan fingerprint density at radius 1 is 1.10 bits per heavy atom. The summed E-state index contributed by atoms with van der Waals surface area (Å²) in [6.45, 7) is 0.386. The zero-order valence-electron chi connectivity index (χ0n) is 15.9. The molecule has 2 heterocycles. The van der Waals surface area contributed by atoms with Gasteiger partial charge in [0.05, 0.1) is 23.0 Å². The SMILES string of the molecule is CSc1ccc2nc(N(Cc3ccco3)C(=O)CCSc3ccccc3)sc2c1. The van der Waals surface area contributed by atoms with Crippen molar-refractivity contribution in [3.8, 4) is 0 Å². The van der Waals surface area contributed by atoms with Gasteiger partial charge in [0.25, 0.3) is 0 Å². The van der Waals surface area contributed by atoms with Gasteiger partial charge in [-0.25, -0.2) is 4.98 Å². The molecule has 2 aromatic carbocycles. The van der Waals surface area contributed by atoms with Crippen molar-refractivity contribution in [3.63, 3.8) is 0 Å². The molecule has 0 radical (unpaired) electrons.